The zero-order valence-corrected chi connectivity index (χ0v) is 19.7. The minimum Gasteiger partial charge on any atom is -0.480 e. The van der Waals surface area contributed by atoms with E-state index < -0.39 is 48.2 Å². The zero-order valence-electron chi connectivity index (χ0n) is 19.7. The fourth-order valence-corrected chi connectivity index (χ4v) is 3.87. The fourth-order valence-electron chi connectivity index (χ4n) is 3.87. The summed E-state index contributed by atoms with van der Waals surface area (Å²) in [5, 5.41) is 23.6. The minimum absolute atomic E-state index is 0.0246. The molecule has 1 aliphatic carbocycles. The standard InChI is InChI=1S/C25H28N2O8/c1-24(2,3)35-23(33)27-14-25(20(28)29,21(30)31)13-26-22(32)34-12-19-17-10-6-4-8-15(17)16-9-5-7-11-18(16)19/h4-11,19H,12-14H2,1-3H3,(H,26,32)(H,27,33)(H,28,29)(H,30,31). The van der Waals surface area contributed by atoms with E-state index in [1.165, 1.54) is 0 Å². The molecule has 2 aromatic rings. The molecule has 0 aliphatic heterocycles. The van der Waals surface area contributed by atoms with Crippen LogP contribution in [0.1, 0.15) is 37.8 Å². The molecular formula is C25H28N2O8. The van der Waals surface area contributed by atoms with Gasteiger partial charge in [-0.05, 0) is 43.0 Å². The van der Waals surface area contributed by atoms with Gasteiger partial charge in [0.1, 0.15) is 12.2 Å². The third kappa shape index (κ3) is 5.71. The zero-order chi connectivity index (χ0) is 25.8. The first-order valence-corrected chi connectivity index (χ1v) is 11.0. The number of carbonyl (C=O) groups is 4. The number of carbonyl (C=O) groups excluding carboxylic acids is 2. The number of amides is 2. The van der Waals surface area contributed by atoms with Crippen molar-refractivity contribution in [2.75, 3.05) is 19.7 Å². The number of carboxylic acid groups (broad SMARTS) is 2. The van der Waals surface area contributed by atoms with Crippen LogP contribution >= 0.6 is 0 Å². The monoisotopic (exact) mass is 484 g/mol. The summed E-state index contributed by atoms with van der Waals surface area (Å²) in [6, 6.07) is 15.5. The van der Waals surface area contributed by atoms with Crippen molar-refractivity contribution in [1.29, 1.82) is 0 Å². The molecule has 0 spiro atoms. The third-order valence-electron chi connectivity index (χ3n) is 5.63. The third-order valence-corrected chi connectivity index (χ3v) is 5.63. The van der Waals surface area contributed by atoms with Crippen LogP contribution in [0.3, 0.4) is 0 Å². The maximum absolute atomic E-state index is 12.4. The largest absolute Gasteiger partial charge is 0.480 e. The summed E-state index contributed by atoms with van der Waals surface area (Å²) in [6.45, 7) is 3.16. The highest BCUT2D eigenvalue weighted by Crippen LogP contribution is 2.44. The smallest absolute Gasteiger partial charge is 0.407 e. The molecule has 0 unspecified atom stereocenters. The number of fused-ring (bicyclic) bond motifs is 3. The average molecular weight is 485 g/mol. The van der Waals surface area contributed by atoms with E-state index in [1.807, 2.05) is 48.5 Å². The Balaban J connectivity index is 1.65. The second kappa shape index (κ2) is 10.0. The Labute approximate surface area is 202 Å². The second-order valence-electron chi connectivity index (χ2n) is 9.23. The van der Waals surface area contributed by atoms with Crippen LogP contribution in [0.5, 0.6) is 0 Å². The van der Waals surface area contributed by atoms with Crippen LogP contribution in [-0.2, 0) is 19.1 Å². The molecular weight excluding hydrogens is 456 g/mol. The van der Waals surface area contributed by atoms with Crippen molar-refractivity contribution >= 4 is 24.1 Å². The number of hydrogen-bond donors (Lipinski definition) is 4. The minimum atomic E-state index is -2.53. The predicted octanol–water partition coefficient (Wildman–Crippen LogP) is 3.21. The quantitative estimate of drug-likeness (QED) is 0.417. The van der Waals surface area contributed by atoms with Crippen LogP contribution in [0.2, 0.25) is 0 Å². The summed E-state index contributed by atoms with van der Waals surface area (Å²) < 4.78 is 10.4. The summed E-state index contributed by atoms with van der Waals surface area (Å²) in [6.07, 6.45) is -1.96. The van der Waals surface area contributed by atoms with Gasteiger partial charge in [0.15, 0.2) is 5.41 Å². The number of carboxylic acids is 2. The van der Waals surface area contributed by atoms with Gasteiger partial charge in [0.25, 0.3) is 0 Å². The van der Waals surface area contributed by atoms with Crippen LogP contribution in [0.4, 0.5) is 9.59 Å². The van der Waals surface area contributed by atoms with Gasteiger partial charge in [-0.25, -0.2) is 9.59 Å². The molecule has 1 aliphatic rings. The van der Waals surface area contributed by atoms with E-state index in [2.05, 4.69) is 10.6 Å². The summed E-state index contributed by atoms with van der Waals surface area (Å²) in [5.74, 6) is -3.69. The van der Waals surface area contributed by atoms with Crippen LogP contribution in [0, 0.1) is 5.41 Å². The molecule has 0 saturated heterocycles. The summed E-state index contributed by atoms with van der Waals surface area (Å²) in [4.78, 5) is 48.0. The highest BCUT2D eigenvalue weighted by atomic mass is 16.6. The molecule has 10 nitrogen and oxygen atoms in total. The Morgan fingerprint density at radius 3 is 1.71 bits per heavy atom. The molecule has 0 saturated carbocycles. The topological polar surface area (TPSA) is 151 Å². The van der Waals surface area contributed by atoms with Gasteiger partial charge in [0.2, 0.25) is 0 Å². The molecule has 3 rings (SSSR count). The fraction of sp³-hybridized carbons (Fsp3) is 0.360. The number of ether oxygens (including phenoxy) is 2. The maximum Gasteiger partial charge on any atom is 0.407 e. The molecule has 0 bridgehead atoms. The molecule has 0 heterocycles. The van der Waals surface area contributed by atoms with Gasteiger partial charge >= 0.3 is 24.1 Å². The number of aliphatic carboxylic acids is 2. The molecule has 10 heteroatoms. The van der Waals surface area contributed by atoms with Crippen molar-refractivity contribution < 1.29 is 38.9 Å². The van der Waals surface area contributed by atoms with E-state index in [4.69, 9.17) is 9.47 Å². The molecule has 186 valence electrons. The number of nitrogens with one attached hydrogen (secondary N) is 2. The van der Waals surface area contributed by atoms with Crippen molar-refractivity contribution in [3.8, 4) is 11.1 Å². The first-order chi connectivity index (χ1) is 16.4. The summed E-state index contributed by atoms with van der Waals surface area (Å²) in [7, 11) is 0. The molecule has 0 atom stereocenters. The molecule has 0 radical (unpaired) electrons. The van der Waals surface area contributed by atoms with Crippen LogP contribution in [0.25, 0.3) is 11.1 Å². The highest BCUT2D eigenvalue weighted by molar-refractivity contribution is 5.99. The van der Waals surface area contributed by atoms with Crippen LogP contribution in [-0.4, -0.2) is 59.6 Å². The van der Waals surface area contributed by atoms with Crippen LogP contribution < -0.4 is 10.6 Å². The van der Waals surface area contributed by atoms with E-state index >= 15 is 0 Å². The molecule has 35 heavy (non-hydrogen) atoms. The van der Waals surface area contributed by atoms with Crippen molar-refractivity contribution in [1.82, 2.24) is 10.6 Å². The molecule has 0 aromatic heterocycles. The summed E-state index contributed by atoms with van der Waals surface area (Å²) in [5.41, 5.74) is 0.686. The lowest BCUT2D eigenvalue weighted by Gasteiger charge is -2.26. The first kappa shape index (κ1) is 25.5. The van der Waals surface area contributed by atoms with E-state index in [1.54, 1.807) is 20.8 Å². The lowest BCUT2D eigenvalue weighted by atomic mass is 9.88. The number of hydrogen-bond acceptors (Lipinski definition) is 6. The van der Waals surface area contributed by atoms with Gasteiger partial charge in [-0.3, -0.25) is 9.59 Å². The average Bonchev–Trinajstić information content (AvgIpc) is 3.10. The number of alkyl carbamates (subject to hydrolysis) is 2. The lowest BCUT2D eigenvalue weighted by Crippen LogP contribution is -2.55. The van der Waals surface area contributed by atoms with Crippen molar-refractivity contribution in [2.24, 2.45) is 5.41 Å². The van der Waals surface area contributed by atoms with E-state index in [9.17, 15) is 29.4 Å². The van der Waals surface area contributed by atoms with Gasteiger partial charge in [-0.2, -0.15) is 0 Å². The maximum atomic E-state index is 12.4. The predicted molar refractivity (Wildman–Crippen MR) is 125 cm³/mol. The number of rotatable bonds is 8. The molecule has 2 amide bonds. The van der Waals surface area contributed by atoms with Crippen molar-refractivity contribution in [2.45, 2.75) is 32.3 Å². The normalized spacial score (nSPS) is 12.8. The Morgan fingerprint density at radius 1 is 0.800 bits per heavy atom. The number of benzene rings is 2. The van der Waals surface area contributed by atoms with Gasteiger partial charge in [-0.15, -0.1) is 0 Å². The Morgan fingerprint density at radius 2 is 1.26 bits per heavy atom. The van der Waals surface area contributed by atoms with E-state index in [0.29, 0.717) is 0 Å². The molecule has 0 fully saturated rings. The molecule has 2 aromatic carbocycles. The van der Waals surface area contributed by atoms with E-state index in [0.717, 1.165) is 22.3 Å². The van der Waals surface area contributed by atoms with Crippen LogP contribution in [0.15, 0.2) is 48.5 Å². The lowest BCUT2D eigenvalue weighted by molar-refractivity contribution is -0.163. The van der Waals surface area contributed by atoms with Gasteiger partial charge in [0, 0.05) is 19.0 Å². The first-order valence-electron chi connectivity index (χ1n) is 11.0. The summed E-state index contributed by atoms with van der Waals surface area (Å²) >= 11 is 0. The van der Waals surface area contributed by atoms with Gasteiger partial charge in [-0.1, -0.05) is 48.5 Å². The Bertz CT molecular complexity index is 1080. The van der Waals surface area contributed by atoms with Crippen molar-refractivity contribution in [3.05, 3.63) is 59.7 Å². The Kier molecular flexibility index (Phi) is 7.33. The highest BCUT2D eigenvalue weighted by Gasteiger charge is 2.48. The van der Waals surface area contributed by atoms with Gasteiger partial charge < -0.3 is 30.3 Å². The Hall–Kier alpha value is -4.08. The van der Waals surface area contributed by atoms with Gasteiger partial charge in [0.05, 0.1) is 0 Å². The molecule has 4 N–H and O–H groups in total. The SMILES string of the molecule is CC(C)(C)OC(=O)NCC(CNC(=O)OCC1c2ccccc2-c2ccccc21)(C(=O)O)C(=O)O. The van der Waals surface area contributed by atoms with Crippen molar-refractivity contribution in [3.63, 3.8) is 0 Å². The van der Waals surface area contributed by atoms with E-state index in [-0.39, 0.29) is 12.5 Å². The second-order valence-corrected chi connectivity index (χ2v) is 9.23.